The van der Waals surface area contributed by atoms with E-state index in [9.17, 15) is 4.79 Å². The maximum atomic E-state index is 12.0. The van der Waals surface area contributed by atoms with Gasteiger partial charge < -0.3 is 20.2 Å². The van der Waals surface area contributed by atoms with Crippen molar-refractivity contribution in [2.24, 2.45) is 11.7 Å². The highest BCUT2D eigenvalue weighted by Gasteiger charge is 2.51. The third-order valence-electron chi connectivity index (χ3n) is 4.04. The number of hydrogen-bond donors (Lipinski definition) is 2. The predicted molar refractivity (Wildman–Crippen MR) is 65.1 cm³/mol. The van der Waals surface area contributed by atoms with Crippen LogP contribution in [0.4, 0.5) is 0 Å². The van der Waals surface area contributed by atoms with Crippen LogP contribution >= 0.6 is 0 Å². The summed E-state index contributed by atoms with van der Waals surface area (Å²) >= 11 is 0. The number of ether oxygens (including phenoxy) is 1. The molecule has 3 N–H and O–H groups in total. The van der Waals surface area contributed by atoms with E-state index in [1.54, 1.807) is 6.07 Å². The molecule has 1 saturated heterocycles. The first-order valence-corrected chi connectivity index (χ1v) is 6.40. The highest BCUT2D eigenvalue weighted by atomic mass is 16.5. The molecule has 4 unspecified atom stereocenters. The Kier molecular flexibility index (Phi) is 2.87. The lowest BCUT2D eigenvalue weighted by atomic mass is 9.68. The van der Waals surface area contributed by atoms with Crippen LogP contribution in [0.25, 0.3) is 0 Å². The van der Waals surface area contributed by atoms with E-state index in [2.05, 4.69) is 5.32 Å². The summed E-state index contributed by atoms with van der Waals surface area (Å²) in [7, 11) is 0. The second-order valence-electron chi connectivity index (χ2n) is 5.15. The summed E-state index contributed by atoms with van der Waals surface area (Å²) in [5.41, 5.74) is 6.93. The lowest BCUT2D eigenvalue weighted by Gasteiger charge is -2.52. The minimum atomic E-state index is -0.203. The molecule has 18 heavy (non-hydrogen) atoms. The topological polar surface area (TPSA) is 77.5 Å². The Hall–Kier alpha value is -1.33. The molecule has 0 radical (unpaired) electrons. The molecule has 1 aliphatic carbocycles. The second-order valence-corrected chi connectivity index (χ2v) is 5.15. The van der Waals surface area contributed by atoms with Crippen LogP contribution in [0.3, 0.4) is 0 Å². The lowest BCUT2D eigenvalue weighted by molar-refractivity contribution is -0.117. The number of hydrogen-bond acceptors (Lipinski definition) is 4. The van der Waals surface area contributed by atoms with E-state index in [0.717, 1.165) is 25.0 Å². The van der Waals surface area contributed by atoms with Gasteiger partial charge in [-0.2, -0.15) is 0 Å². The number of amides is 1. The summed E-state index contributed by atoms with van der Waals surface area (Å²) in [5, 5.41) is 2.93. The minimum Gasteiger partial charge on any atom is -0.459 e. The second kappa shape index (κ2) is 4.40. The van der Waals surface area contributed by atoms with Gasteiger partial charge in [-0.25, -0.2) is 0 Å². The van der Waals surface area contributed by atoms with Gasteiger partial charge in [0.2, 0.25) is 0 Å². The Morgan fingerprint density at radius 1 is 1.56 bits per heavy atom. The van der Waals surface area contributed by atoms with Gasteiger partial charge in [-0.05, 0) is 25.8 Å². The Bertz CT molecular complexity index is 457. The molecule has 1 aromatic heterocycles. The van der Waals surface area contributed by atoms with E-state index in [1.165, 1.54) is 6.26 Å². The summed E-state index contributed by atoms with van der Waals surface area (Å²) in [6.45, 7) is 2.61. The van der Waals surface area contributed by atoms with Crippen LogP contribution in [0, 0.1) is 12.8 Å². The summed E-state index contributed by atoms with van der Waals surface area (Å²) in [5.74, 6) is 0.550. The number of aryl methyl sites for hydroxylation is 1. The van der Waals surface area contributed by atoms with Crippen molar-refractivity contribution in [2.75, 3.05) is 6.61 Å². The summed E-state index contributed by atoms with van der Waals surface area (Å²) < 4.78 is 10.9. The van der Waals surface area contributed by atoms with Crippen LogP contribution in [0.15, 0.2) is 16.7 Å². The SMILES string of the molecule is Cc1ccoc1C(=O)NC1C(N)C2CCCOC21. The number of furan rings is 1. The van der Waals surface area contributed by atoms with Gasteiger partial charge in [0.25, 0.3) is 5.91 Å². The number of carbonyl (C=O) groups excluding carboxylic acids is 1. The molecule has 5 nitrogen and oxygen atoms in total. The first kappa shape index (κ1) is 11.7. The Labute approximate surface area is 106 Å². The van der Waals surface area contributed by atoms with Gasteiger partial charge in [0.05, 0.1) is 18.4 Å². The lowest BCUT2D eigenvalue weighted by Crippen LogP contribution is -2.72. The zero-order valence-corrected chi connectivity index (χ0v) is 10.4. The molecule has 5 heteroatoms. The normalized spacial score (nSPS) is 34.6. The fraction of sp³-hybridized carbons (Fsp3) is 0.615. The van der Waals surface area contributed by atoms with Gasteiger partial charge in [-0.3, -0.25) is 4.79 Å². The van der Waals surface area contributed by atoms with Gasteiger partial charge in [0.1, 0.15) is 0 Å². The number of rotatable bonds is 2. The smallest absolute Gasteiger partial charge is 0.287 e. The summed E-state index contributed by atoms with van der Waals surface area (Å²) in [6.07, 6.45) is 3.75. The Morgan fingerprint density at radius 3 is 3.11 bits per heavy atom. The number of carbonyl (C=O) groups is 1. The van der Waals surface area contributed by atoms with E-state index in [-0.39, 0.29) is 24.1 Å². The molecule has 1 aromatic rings. The zero-order valence-electron chi connectivity index (χ0n) is 10.4. The quantitative estimate of drug-likeness (QED) is 0.814. The zero-order chi connectivity index (χ0) is 12.7. The van der Waals surface area contributed by atoms with Crippen LogP contribution in [-0.4, -0.2) is 30.7 Å². The third kappa shape index (κ3) is 1.74. The van der Waals surface area contributed by atoms with Crippen LogP contribution in [0.5, 0.6) is 0 Å². The average molecular weight is 250 g/mol. The Morgan fingerprint density at radius 2 is 2.39 bits per heavy atom. The fourth-order valence-corrected chi connectivity index (χ4v) is 2.95. The first-order chi connectivity index (χ1) is 8.68. The maximum Gasteiger partial charge on any atom is 0.287 e. The van der Waals surface area contributed by atoms with Crippen molar-refractivity contribution >= 4 is 5.91 Å². The minimum absolute atomic E-state index is 0.00508. The van der Waals surface area contributed by atoms with Crippen molar-refractivity contribution in [3.8, 4) is 0 Å². The molecule has 0 bridgehead atoms. The van der Waals surface area contributed by atoms with Crippen molar-refractivity contribution in [1.82, 2.24) is 5.32 Å². The van der Waals surface area contributed by atoms with Gasteiger partial charge in [0, 0.05) is 24.1 Å². The van der Waals surface area contributed by atoms with Crippen molar-refractivity contribution in [2.45, 2.75) is 38.0 Å². The number of nitrogens with one attached hydrogen (secondary N) is 1. The third-order valence-corrected chi connectivity index (χ3v) is 4.04. The fourth-order valence-electron chi connectivity index (χ4n) is 2.95. The van der Waals surface area contributed by atoms with Crippen molar-refractivity contribution in [3.63, 3.8) is 0 Å². The standard InChI is InChI=1S/C13H18N2O3/c1-7-4-6-18-11(7)13(16)15-10-9(14)8-3-2-5-17-12(8)10/h4,6,8-10,12H,2-3,5,14H2,1H3,(H,15,16). The van der Waals surface area contributed by atoms with E-state index in [1.807, 2.05) is 6.92 Å². The van der Waals surface area contributed by atoms with Gasteiger partial charge in [-0.1, -0.05) is 0 Å². The molecule has 2 heterocycles. The van der Waals surface area contributed by atoms with Crippen LogP contribution < -0.4 is 11.1 Å². The van der Waals surface area contributed by atoms with Crippen LogP contribution in [-0.2, 0) is 4.74 Å². The Balaban J connectivity index is 1.67. The average Bonchev–Trinajstić information content (AvgIpc) is 2.81. The molecule has 1 saturated carbocycles. The van der Waals surface area contributed by atoms with Gasteiger partial charge in [0.15, 0.2) is 5.76 Å². The van der Waals surface area contributed by atoms with Crippen molar-refractivity contribution < 1.29 is 13.9 Å². The predicted octanol–water partition coefficient (Wildman–Crippen LogP) is 0.823. The molecule has 1 amide bonds. The molecule has 0 aromatic carbocycles. The molecule has 2 aliphatic rings. The molecular weight excluding hydrogens is 232 g/mol. The van der Waals surface area contributed by atoms with E-state index in [0.29, 0.717) is 11.7 Å². The summed E-state index contributed by atoms with van der Waals surface area (Å²) in [6, 6.07) is 1.68. The van der Waals surface area contributed by atoms with E-state index < -0.39 is 0 Å². The van der Waals surface area contributed by atoms with E-state index in [4.69, 9.17) is 14.9 Å². The van der Waals surface area contributed by atoms with Gasteiger partial charge in [-0.15, -0.1) is 0 Å². The molecule has 1 aliphatic heterocycles. The number of nitrogens with two attached hydrogens (primary N) is 1. The largest absolute Gasteiger partial charge is 0.459 e. The molecule has 4 atom stereocenters. The molecule has 2 fully saturated rings. The van der Waals surface area contributed by atoms with E-state index >= 15 is 0 Å². The monoisotopic (exact) mass is 250 g/mol. The first-order valence-electron chi connectivity index (χ1n) is 6.40. The van der Waals surface area contributed by atoms with Crippen LogP contribution in [0.2, 0.25) is 0 Å². The maximum absolute atomic E-state index is 12.0. The van der Waals surface area contributed by atoms with Crippen LogP contribution in [0.1, 0.15) is 29.0 Å². The molecular formula is C13H18N2O3. The molecule has 0 spiro atoms. The number of fused-ring (bicyclic) bond motifs is 1. The highest BCUT2D eigenvalue weighted by molar-refractivity contribution is 5.93. The van der Waals surface area contributed by atoms with Crippen molar-refractivity contribution in [3.05, 3.63) is 23.7 Å². The highest BCUT2D eigenvalue weighted by Crippen LogP contribution is 2.37. The molecule has 98 valence electrons. The summed E-state index contributed by atoms with van der Waals surface area (Å²) in [4.78, 5) is 12.0. The van der Waals surface area contributed by atoms with Gasteiger partial charge >= 0.3 is 0 Å². The van der Waals surface area contributed by atoms with Crippen molar-refractivity contribution in [1.29, 1.82) is 0 Å². The molecule has 3 rings (SSSR count).